The predicted octanol–water partition coefficient (Wildman–Crippen LogP) is 3.60. The third-order valence-corrected chi connectivity index (χ3v) is 1.79. The predicted molar refractivity (Wildman–Crippen MR) is 60.3 cm³/mol. The topological polar surface area (TPSA) is 18.5 Å². The Bertz CT molecular complexity index is 121. The first-order chi connectivity index (χ1) is 6.21. The van der Waals surface area contributed by atoms with E-state index in [1.54, 1.807) is 0 Å². The normalized spacial score (nSPS) is 13.3. The van der Waals surface area contributed by atoms with E-state index in [9.17, 15) is 0 Å². The maximum absolute atomic E-state index is 5.44. The van der Waals surface area contributed by atoms with Gasteiger partial charge >= 0.3 is 0 Å². The van der Waals surface area contributed by atoms with Gasteiger partial charge in [-0.3, -0.25) is 0 Å². The Hall–Kier alpha value is -0.0800. The highest BCUT2D eigenvalue weighted by Gasteiger charge is 2.10. The van der Waals surface area contributed by atoms with Crippen molar-refractivity contribution in [1.29, 1.82) is 0 Å². The van der Waals surface area contributed by atoms with Crippen molar-refractivity contribution >= 4 is 0 Å². The van der Waals surface area contributed by atoms with Crippen molar-refractivity contribution in [3.05, 3.63) is 0 Å². The molecule has 0 aromatic rings. The summed E-state index contributed by atoms with van der Waals surface area (Å²) in [7, 11) is 0. The summed E-state index contributed by atoms with van der Waals surface area (Å²) >= 11 is 0. The molecule has 0 heterocycles. The van der Waals surface area contributed by atoms with Gasteiger partial charge in [0.2, 0.25) is 0 Å². The van der Waals surface area contributed by atoms with Gasteiger partial charge in [-0.05, 0) is 39.0 Å². The van der Waals surface area contributed by atoms with Gasteiger partial charge in [-0.15, -0.1) is 0 Å². The molecule has 2 heteroatoms. The van der Waals surface area contributed by atoms with E-state index in [0.29, 0.717) is 12.2 Å². The van der Waals surface area contributed by atoms with Crippen LogP contribution >= 0.6 is 0 Å². The zero-order valence-corrected chi connectivity index (χ0v) is 10.6. The highest BCUT2D eigenvalue weighted by molar-refractivity contribution is 4.60. The van der Waals surface area contributed by atoms with E-state index in [0.717, 1.165) is 13.0 Å². The molecule has 0 saturated carbocycles. The van der Waals surface area contributed by atoms with Crippen molar-refractivity contribution < 1.29 is 9.47 Å². The van der Waals surface area contributed by atoms with E-state index in [1.165, 1.54) is 6.42 Å². The lowest BCUT2D eigenvalue weighted by Gasteiger charge is -2.20. The Balaban J connectivity index is 3.23. The lowest BCUT2D eigenvalue weighted by Crippen LogP contribution is -2.21. The van der Waals surface area contributed by atoms with E-state index in [-0.39, 0.29) is 5.60 Å². The van der Waals surface area contributed by atoms with E-state index >= 15 is 0 Å². The van der Waals surface area contributed by atoms with Crippen LogP contribution in [-0.2, 0) is 9.47 Å². The lowest BCUT2D eigenvalue weighted by molar-refractivity contribution is -0.120. The lowest BCUT2D eigenvalue weighted by atomic mass is 9.91. The van der Waals surface area contributed by atoms with E-state index < -0.39 is 0 Å². The molecular weight excluding hydrogens is 176 g/mol. The zero-order valence-electron chi connectivity index (χ0n) is 10.6. The van der Waals surface area contributed by atoms with Gasteiger partial charge in [-0.1, -0.05) is 20.8 Å². The molecule has 0 aliphatic heterocycles. The monoisotopic (exact) mass is 202 g/mol. The minimum absolute atomic E-state index is 0.0932. The van der Waals surface area contributed by atoms with Crippen molar-refractivity contribution in [1.82, 2.24) is 0 Å². The summed E-state index contributed by atoms with van der Waals surface area (Å²) < 4.78 is 10.8. The number of hydrogen-bond donors (Lipinski definition) is 0. The molecule has 0 aliphatic carbocycles. The van der Waals surface area contributed by atoms with Crippen LogP contribution in [0.15, 0.2) is 0 Å². The molecule has 0 amide bonds. The fourth-order valence-corrected chi connectivity index (χ4v) is 0.982. The highest BCUT2D eigenvalue weighted by atomic mass is 16.7. The quantitative estimate of drug-likeness (QED) is 0.501. The maximum atomic E-state index is 5.44. The molecule has 0 aromatic heterocycles. The summed E-state index contributed by atoms with van der Waals surface area (Å²) in [4.78, 5) is 0. The van der Waals surface area contributed by atoms with Crippen LogP contribution in [0.3, 0.4) is 0 Å². The molecular formula is C12H26O2. The summed E-state index contributed by atoms with van der Waals surface area (Å²) in [6, 6.07) is 0. The Morgan fingerprint density at radius 1 is 0.929 bits per heavy atom. The minimum Gasteiger partial charge on any atom is -0.355 e. The molecule has 0 aromatic carbocycles. The third kappa shape index (κ3) is 11.9. The molecule has 0 aliphatic rings. The molecule has 2 nitrogen and oxygen atoms in total. The van der Waals surface area contributed by atoms with Crippen molar-refractivity contribution in [2.75, 3.05) is 13.4 Å². The standard InChI is InChI=1S/C12H26O2/c1-11(2,3)8-7-9-13-10-14-12(4,5)6/h7-10H2,1-6H3. The van der Waals surface area contributed by atoms with Crippen LogP contribution in [0.2, 0.25) is 0 Å². The molecule has 14 heavy (non-hydrogen) atoms. The SMILES string of the molecule is CC(C)(C)CCCOCOC(C)(C)C. The zero-order chi connectivity index (χ0) is 11.2. The number of ether oxygens (including phenoxy) is 2. The van der Waals surface area contributed by atoms with Crippen LogP contribution < -0.4 is 0 Å². The summed E-state index contributed by atoms with van der Waals surface area (Å²) in [5.41, 5.74) is 0.318. The maximum Gasteiger partial charge on any atom is 0.147 e. The molecule has 0 rings (SSSR count). The van der Waals surface area contributed by atoms with Gasteiger partial charge in [-0.25, -0.2) is 0 Å². The average molecular weight is 202 g/mol. The molecule has 0 atom stereocenters. The van der Waals surface area contributed by atoms with E-state index in [4.69, 9.17) is 9.47 Å². The molecule has 0 bridgehead atoms. The van der Waals surface area contributed by atoms with Gasteiger partial charge in [0.25, 0.3) is 0 Å². The molecule has 0 unspecified atom stereocenters. The molecule has 86 valence electrons. The van der Waals surface area contributed by atoms with Crippen LogP contribution in [0, 0.1) is 5.41 Å². The summed E-state index contributed by atoms with van der Waals surface area (Å²) in [5, 5.41) is 0. The Morgan fingerprint density at radius 2 is 1.50 bits per heavy atom. The number of rotatable bonds is 5. The molecule has 0 saturated heterocycles. The fraction of sp³-hybridized carbons (Fsp3) is 1.00. The van der Waals surface area contributed by atoms with Crippen molar-refractivity contribution in [2.45, 2.75) is 60.0 Å². The molecule has 0 radical (unpaired) electrons. The van der Waals surface area contributed by atoms with Crippen LogP contribution in [0.4, 0.5) is 0 Å². The Morgan fingerprint density at radius 3 is 1.93 bits per heavy atom. The first kappa shape index (κ1) is 13.9. The second-order valence-corrected chi connectivity index (χ2v) is 5.95. The smallest absolute Gasteiger partial charge is 0.147 e. The third-order valence-electron chi connectivity index (χ3n) is 1.79. The Labute approximate surface area is 89.0 Å². The van der Waals surface area contributed by atoms with Crippen LogP contribution in [-0.4, -0.2) is 19.0 Å². The minimum atomic E-state index is -0.0932. The first-order valence-electron chi connectivity index (χ1n) is 5.42. The second kappa shape index (κ2) is 5.72. The van der Waals surface area contributed by atoms with E-state index in [2.05, 4.69) is 20.8 Å². The van der Waals surface area contributed by atoms with Crippen LogP contribution in [0.5, 0.6) is 0 Å². The van der Waals surface area contributed by atoms with Crippen molar-refractivity contribution in [3.8, 4) is 0 Å². The largest absolute Gasteiger partial charge is 0.355 e. The number of hydrogen-bond acceptors (Lipinski definition) is 2. The van der Waals surface area contributed by atoms with Gasteiger partial charge in [0, 0.05) is 6.61 Å². The fourth-order valence-electron chi connectivity index (χ4n) is 0.982. The molecule has 0 fully saturated rings. The van der Waals surface area contributed by atoms with Gasteiger partial charge in [0.05, 0.1) is 5.60 Å². The van der Waals surface area contributed by atoms with Gasteiger partial charge in [-0.2, -0.15) is 0 Å². The van der Waals surface area contributed by atoms with Crippen molar-refractivity contribution in [2.24, 2.45) is 5.41 Å². The Kier molecular flexibility index (Phi) is 5.68. The van der Waals surface area contributed by atoms with Gasteiger partial charge in [0.1, 0.15) is 6.79 Å². The molecule has 0 N–H and O–H groups in total. The second-order valence-electron chi connectivity index (χ2n) is 5.95. The van der Waals surface area contributed by atoms with E-state index in [1.807, 2.05) is 20.8 Å². The summed E-state index contributed by atoms with van der Waals surface area (Å²) in [5.74, 6) is 0. The first-order valence-corrected chi connectivity index (χ1v) is 5.42. The molecule has 0 spiro atoms. The van der Waals surface area contributed by atoms with Gasteiger partial charge in [0.15, 0.2) is 0 Å². The highest BCUT2D eigenvalue weighted by Crippen LogP contribution is 2.20. The van der Waals surface area contributed by atoms with Crippen LogP contribution in [0.25, 0.3) is 0 Å². The van der Waals surface area contributed by atoms with Crippen molar-refractivity contribution in [3.63, 3.8) is 0 Å². The summed E-state index contributed by atoms with van der Waals surface area (Å²) in [6.07, 6.45) is 2.31. The summed E-state index contributed by atoms with van der Waals surface area (Å²) in [6.45, 7) is 14.1. The van der Waals surface area contributed by atoms with Gasteiger partial charge < -0.3 is 9.47 Å². The van der Waals surface area contributed by atoms with Crippen LogP contribution in [0.1, 0.15) is 54.4 Å². The average Bonchev–Trinajstić information content (AvgIpc) is 1.92.